The summed E-state index contributed by atoms with van der Waals surface area (Å²) in [6.45, 7) is -0.167. The van der Waals surface area contributed by atoms with Crippen LogP contribution in [0.2, 0.25) is 10.0 Å². The molecular weight excluding hydrogens is 379 g/mol. The van der Waals surface area contributed by atoms with Crippen molar-refractivity contribution in [3.05, 3.63) is 58.1 Å². The smallest absolute Gasteiger partial charge is 0.263 e. The summed E-state index contributed by atoms with van der Waals surface area (Å²) in [6.07, 6.45) is 1.23. The molecule has 2 aromatic carbocycles. The van der Waals surface area contributed by atoms with E-state index in [9.17, 15) is 9.90 Å². The second-order valence-electron chi connectivity index (χ2n) is 5.13. The third-order valence-corrected chi connectivity index (χ3v) is 3.73. The first kappa shape index (κ1) is 17.8. The Labute approximate surface area is 158 Å². The lowest BCUT2D eigenvalue weighted by Gasteiger charge is -2.02. The van der Waals surface area contributed by atoms with Crippen molar-refractivity contribution >= 4 is 35.3 Å². The molecule has 0 saturated heterocycles. The fraction of sp³-hybridized carbons (Fsp3) is 0.0625. The summed E-state index contributed by atoms with van der Waals surface area (Å²) in [5.41, 5.74) is 3.37. The number of nitrogens with one attached hydrogen (secondary N) is 1. The van der Waals surface area contributed by atoms with E-state index in [4.69, 9.17) is 23.2 Å². The van der Waals surface area contributed by atoms with Crippen LogP contribution in [0, 0.1) is 0 Å². The van der Waals surface area contributed by atoms with Gasteiger partial charge in [-0.05, 0) is 17.3 Å². The van der Waals surface area contributed by atoms with Gasteiger partial charge in [-0.1, -0.05) is 53.5 Å². The molecule has 0 spiro atoms. The number of hydrazone groups is 1. The maximum atomic E-state index is 11.9. The Hall–Kier alpha value is -2.97. The SMILES string of the molecule is O=C(Cn1nnc(-c2ccccc2)n1)N/N=C/c1cc(Cl)cc(Cl)c1O. The highest BCUT2D eigenvalue weighted by Gasteiger charge is 2.09. The molecule has 2 N–H and O–H groups in total. The summed E-state index contributed by atoms with van der Waals surface area (Å²) in [4.78, 5) is 13.1. The lowest BCUT2D eigenvalue weighted by molar-refractivity contribution is -0.122. The van der Waals surface area contributed by atoms with Crippen LogP contribution < -0.4 is 5.43 Å². The highest BCUT2D eigenvalue weighted by Crippen LogP contribution is 2.29. The van der Waals surface area contributed by atoms with Gasteiger partial charge in [0.05, 0.1) is 11.2 Å². The number of halogens is 2. The first-order chi connectivity index (χ1) is 12.5. The molecule has 3 rings (SSSR count). The van der Waals surface area contributed by atoms with E-state index in [1.165, 1.54) is 18.3 Å². The second kappa shape index (κ2) is 7.94. The van der Waals surface area contributed by atoms with Crippen molar-refractivity contribution < 1.29 is 9.90 Å². The van der Waals surface area contributed by atoms with Crippen molar-refractivity contribution in [3.63, 3.8) is 0 Å². The number of hydrogen-bond donors (Lipinski definition) is 2. The largest absolute Gasteiger partial charge is 0.506 e. The number of tetrazole rings is 1. The normalized spacial score (nSPS) is 11.0. The number of nitrogens with zero attached hydrogens (tertiary/aromatic N) is 5. The molecule has 0 fully saturated rings. The molecule has 26 heavy (non-hydrogen) atoms. The number of carbonyl (C=O) groups excluding carboxylic acids is 1. The maximum absolute atomic E-state index is 11.9. The van der Waals surface area contributed by atoms with Crippen molar-refractivity contribution in [2.24, 2.45) is 5.10 Å². The zero-order valence-electron chi connectivity index (χ0n) is 13.2. The highest BCUT2D eigenvalue weighted by atomic mass is 35.5. The molecule has 0 aliphatic rings. The van der Waals surface area contributed by atoms with E-state index in [0.717, 1.165) is 10.4 Å². The summed E-state index contributed by atoms with van der Waals surface area (Å²) in [6, 6.07) is 12.1. The third-order valence-electron chi connectivity index (χ3n) is 3.22. The number of benzene rings is 2. The molecule has 1 aromatic heterocycles. The van der Waals surface area contributed by atoms with E-state index in [2.05, 4.69) is 25.9 Å². The Balaban J connectivity index is 1.61. The molecule has 1 amide bonds. The first-order valence-electron chi connectivity index (χ1n) is 7.36. The van der Waals surface area contributed by atoms with E-state index in [1.54, 1.807) is 0 Å². The van der Waals surface area contributed by atoms with Gasteiger partial charge in [-0.25, -0.2) is 5.43 Å². The van der Waals surface area contributed by atoms with Crippen LogP contribution in [0.5, 0.6) is 5.75 Å². The molecule has 0 atom stereocenters. The number of carbonyl (C=O) groups is 1. The van der Waals surface area contributed by atoms with Crippen LogP contribution in [0.1, 0.15) is 5.56 Å². The number of rotatable bonds is 5. The van der Waals surface area contributed by atoms with Gasteiger partial charge >= 0.3 is 0 Å². The summed E-state index contributed by atoms with van der Waals surface area (Å²) in [7, 11) is 0. The van der Waals surface area contributed by atoms with Crippen molar-refractivity contribution in [2.75, 3.05) is 0 Å². The van der Waals surface area contributed by atoms with Crippen LogP contribution in [0.25, 0.3) is 11.4 Å². The van der Waals surface area contributed by atoms with E-state index in [0.29, 0.717) is 10.8 Å². The minimum atomic E-state index is -0.467. The summed E-state index contributed by atoms with van der Waals surface area (Å²) >= 11 is 11.7. The molecule has 3 aromatic rings. The Kier molecular flexibility index (Phi) is 5.45. The molecule has 0 aliphatic carbocycles. The van der Waals surface area contributed by atoms with Crippen LogP contribution >= 0.6 is 23.2 Å². The number of aromatic hydroxyl groups is 1. The Morgan fingerprint density at radius 3 is 2.81 bits per heavy atom. The van der Waals surface area contributed by atoms with Gasteiger partial charge in [-0.2, -0.15) is 9.90 Å². The number of hydrogen-bond acceptors (Lipinski definition) is 6. The van der Waals surface area contributed by atoms with Gasteiger partial charge in [0.25, 0.3) is 5.91 Å². The average Bonchev–Trinajstić information content (AvgIpc) is 3.08. The molecule has 1 heterocycles. The predicted octanol–water partition coefficient (Wildman–Crippen LogP) is 2.50. The predicted molar refractivity (Wildman–Crippen MR) is 97.1 cm³/mol. The highest BCUT2D eigenvalue weighted by molar-refractivity contribution is 6.36. The number of phenolic OH excluding ortho intramolecular Hbond substituents is 1. The van der Waals surface area contributed by atoms with Crippen LogP contribution in [-0.2, 0) is 11.3 Å². The van der Waals surface area contributed by atoms with Gasteiger partial charge in [0.2, 0.25) is 5.82 Å². The molecule has 0 aliphatic heterocycles. The molecule has 132 valence electrons. The molecule has 10 heteroatoms. The molecule has 0 bridgehead atoms. The van der Waals surface area contributed by atoms with Crippen molar-refractivity contribution in [1.82, 2.24) is 25.6 Å². The maximum Gasteiger partial charge on any atom is 0.263 e. The van der Waals surface area contributed by atoms with Crippen molar-refractivity contribution in [1.29, 1.82) is 0 Å². The Bertz CT molecular complexity index is 959. The van der Waals surface area contributed by atoms with E-state index in [1.807, 2.05) is 30.3 Å². The monoisotopic (exact) mass is 390 g/mol. The fourth-order valence-electron chi connectivity index (χ4n) is 2.03. The molecule has 0 unspecified atom stereocenters. The van der Waals surface area contributed by atoms with Crippen molar-refractivity contribution in [2.45, 2.75) is 6.54 Å². The third kappa shape index (κ3) is 4.35. The Morgan fingerprint density at radius 2 is 2.04 bits per heavy atom. The minimum Gasteiger partial charge on any atom is -0.506 e. The number of phenols is 1. The van der Waals surface area contributed by atoms with Crippen LogP contribution in [0.3, 0.4) is 0 Å². The van der Waals surface area contributed by atoms with E-state index in [-0.39, 0.29) is 22.9 Å². The van der Waals surface area contributed by atoms with Gasteiger partial charge in [-0.15, -0.1) is 10.2 Å². The van der Waals surface area contributed by atoms with E-state index < -0.39 is 5.91 Å². The van der Waals surface area contributed by atoms with Crippen LogP contribution in [0.4, 0.5) is 0 Å². The van der Waals surface area contributed by atoms with Gasteiger partial charge in [0, 0.05) is 16.1 Å². The molecule has 0 radical (unpaired) electrons. The van der Waals surface area contributed by atoms with Gasteiger partial charge < -0.3 is 5.11 Å². The summed E-state index contributed by atoms with van der Waals surface area (Å²) in [5.74, 6) is -0.231. The topological polar surface area (TPSA) is 105 Å². The molecular formula is C16H12Cl2N6O2. The van der Waals surface area contributed by atoms with Crippen LogP contribution in [0.15, 0.2) is 47.6 Å². The Morgan fingerprint density at radius 1 is 1.27 bits per heavy atom. The van der Waals surface area contributed by atoms with Crippen molar-refractivity contribution in [3.8, 4) is 17.1 Å². The zero-order valence-corrected chi connectivity index (χ0v) is 14.7. The number of aromatic nitrogens is 4. The summed E-state index contributed by atoms with van der Waals surface area (Å²) < 4.78 is 0. The van der Waals surface area contributed by atoms with Gasteiger partial charge in [-0.3, -0.25) is 4.79 Å². The summed E-state index contributed by atoms with van der Waals surface area (Å²) in [5, 5.41) is 25.8. The van der Waals surface area contributed by atoms with Gasteiger partial charge in [0.1, 0.15) is 12.3 Å². The van der Waals surface area contributed by atoms with Gasteiger partial charge in [0.15, 0.2) is 0 Å². The lowest BCUT2D eigenvalue weighted by Crippen LogP contribution is -2.24. The second-order valence-corrected chi connectivity index (χ2v) is 5.97. The molecule has 8 nitrogen and oxygen atoms in total. The number of amides is 1. The van der Waals surface area contributed by atoms with E-state index >= 15 is 0 Å². The van der Waals surface area contributed by atoms with Crippen LogP contribution in [-0.4, -0.2) is 37.4 Å². The minimum absolute atomic E-state index is 0.0885. The average molecular weight is 391 g/mol. The first-order valence-corrected chi connectivity index (χ1v) is 8.11. The fourth-order valence-corrected chi connectivity index (χ4v) is 2.54. The zero-order chi connectivity index (χ0) is 18.5. The quantitative estimate of drug-likeness (QED) is 0.514. The molecule has 0 saturated carbocycles. The lowest BCUT2D eigenvalue weighted by atomic mass is 10.2. The standard InChI is InChI=1S/C16H12Cl2N6O2/c17-12-6-11(15(26)13(18)7-12)8-19-20-14(25)9-24-22-16(21-23-24)10-4-2-1-3-5-10/h1-8,26H,9H2,(H,20,25)/b19-8+.